The molecule has 0 amide bonds. The number of rotatable bonds is 0. The maximum Gasteiger partial charge on any atom is 0.373 e. The molecule has 2 heterocycles. The van der Waals surface area contributed by atoms with Gasteiger partial charge in [-0.2, -0.15) is 9.59 Å². The first-order valence-corrected chi connectivity index (χ1v) is 24.2. The molecule has 128 valence electrons. The van der Waals surface area contributed by atoms with Gasteiger partial charge in [0, 0.05) is 37.2 Å². The van der Waals surface area contributed by atoms with Crippen LogP contribution in [0.1, 0.15) is 27.7 Å². The van der Waals surface area contributed by atoms with Gasteiger partial charge in [-0.3, -0.25) is 0 Å². The van der Waals surface area contributed by atoms with Gasteiger partial charge in [0.05, 0.1) is 12.2 Å². The number of epoxide rings is 1. The Hall–Kier alpha value is 2.26. The molecule has 0 aliphatic carbocycles. The normalized spacial score (nSPS) is 27.3. The molecule has 2 aliphatic rings. The summed E-state index contributed by atoms with van der Waals surface area (Å²) in [6.07, 6.45) is 0.639. The second-order valence-corrected chi connectivity index (χ2v) is 19.8. The van der Waals surface area contributed by atoms with Crippen LogP contribution in [0.25, 0.3) is 0 Å². The van der Waals surface area contributed by atoms with Crippen LogP contribution in [0.5, 0.6) is 0 Å². The standard InChI is InChI=1S/C5H8O3.C4H8O.CO2.I3.I2/c1-3-4(2)8-5(6)7-3;1-3-4(2)5-3;2-1-3;1-3-2;1-2/h3-4H,1-2H3;3-4H,1-2H3;;;/q;;;-1;. The van der Waals surface area contributed by atoms with E-state index in [-0.39, 0.29) is 18.4 Å². The number of cyclic esters (lactones) is 2. The molecule has 0 bridgehead atoms. The van der Waals surface area contributed by atoms with Crippen LogP contribution in [-0.2, 0) is 23.8 Å². The van der Waals surface area contributed by atoms with E-state index in [2.05, 4.69) is 97.8 Å². The molecular formula is C10H16I5O6-. The Balaban J connectivity index is -0.000000216. The van der Waals surface area contributed by atoms with Crippen LogP contribution in [0.4, 0.5) is 4.79 Å². The molecule has 4 atom stereocenters. The van der Waals surface area contributed by atoms with E-state index >= 15 is 0 Å². The van der Waals surface area contributed by atoms with Gasteiger partial charge in [-0.1, -0.05) is 0 Å². The smallest absolute Gasteiger partial charge is 0.186 e. The van der Waals surface area contributed by atoms with E-state index in [0.29, 0.717) is 25.5 Å². The Kier molecular flexibility index (Phi) is 27.1. The molecule has 0 N–H and O–H groups in total. The summed E-state index contributed by atoms with van der Waals surface area (Å²) in [5, 5.41) is 0. The molecular weight excluding hydrogens is 851 g/mol. The Morgan fingerprint density at radius 1 is 0.905 bits per heavy atom. The Labute approximate surface area is 177 Å². The number of hydrogen-bond donors (Lipinski definition) is 0. The van der Waals surface area contributed by atoms with Gasteiger partial charge in [0.2, 0.25) is 0 Å². The van der Waals surface area contributed by atoms with Crippen molar-refractivity contribution in [3.05, 3.63) is 0 Å². The van der Waals surface area contributed by atoms with Crippen molar-refractivity contribution in [2.24, 2.45) is 0 Å². The van der Waals surface area contributed by atoms with Crippen molar-refractivity contribution < 1.29 is 41.8 Å². The average molecular weight is 867 g/mol. The quantitative estimate of drug-likeness (QED) is 0.210. The van der Waals surface area contributed by atoms with Crippen molar-refractivity contribution in [3.8, 4) is 0 Å². The van der Waals surface area contributed by atoms with Crippen LogP contribution < -0.4 is 13.3 Å². The summed E-state index contributed by atoms with van der Waals surface area (Å²) in [7, 11) is 0. The molecule has 0 saturated carbocycles. The fraction of sp³-hybridized carbons (Fsp3) is 0.800. The van der Waals surface area contributed by atoms with E-state index in [1.807, 2.05) is 0 Å². The monoisotopic (exact) mass is 867 g/mol. The average Bonchev–Trinajstić information content (AvgIpc) is 2.97. The SMILES string of the molecule is CC1OC(=O)OC1C.CC1OC1C.II.I[I-]I.O=C=O. The van der Waals surface area contributed by atoms with Gasteiger partial charge in [-0.05, 0) is 27.7 Å². The first kappa shape index (κ1) is 28.1. The maximum atomic E-state index is 10.2. The zero-order valence-electron chi connectivity index (χ0n) is 11.6. The summed E-state index contributed by atoms with van der Waals surface area (Å²) in [5.74, 6) is 0. The molecule has 2 fully saturated rings. The van der Waals surface area contributed by atoms with Gasteiger partial charge in [0.15, 0.2) is 0 Å². The molecule has 2 saturated heterocycles. The third-order valence-electron chi connectivity index (χ3n) is 2.24. The molecule has 0 spiro atoms. The van der Waals surface area contributed by atoms with Crippen molar-refractivity contribution in [2.45, 2.75) is 52.1 Å². The summed E-state index contributed by atoms with van der Waals surface area (Å²) >= 11 is 9.54. The number of carbonyl (C=O) groups excluding carboxylic acids is 3. The summed E-state index contributed by atoms with van der Waals surface area (Å²) in [6, 6.07) is 0. The Morgan fingerprint density at radius 3 is 1.14 bits per heavy atom. The largest absolute Gasteiger partial charge is 0.373 e. The molecule has 0 aromatic rings. The van der Waals surface area contributed by atoms with Crippen LogP contribution in [0.2, 0.25) is 0 Å². The van der Waals surface area contributed by atoms with Crippen LogP contribution in [0.3, 0.4) is 0 Å². The van der Waals surface area contributed by atoms with E-state index in [1.54, 1.807) is 13.8 Å². The van der Waals surface area contributed by atoms with Gasteiger partial charge in [-0.15, -0.1) is 0 Å². The predicted octanol–water partition coefficient (Wildman–Crippen LogP) is 1.69. The number of carbonyl (C=O) groups is 1. The van der Waals surface area contributed by atoms with Gasteiger partial charge in [0.1, 0.15) is 12.2 Å². The number of halogens is 5. The maximum absolute atomic E-state index is 10.2. The van der Waals surface area contributed by atoms with Crippen molar-refractivity contribution >= 4 is 86.8 Å². The zero-order chi connectivity index (χ0) is 17.4. The molecule has 21 heavy (non-hydrogen) atoms. The molecule has 0 aromatic carbocycles. The van der Waals surface area contributed by atoms with Crippen molar-refractivity contribution in [2.75, 3.05) is 0 Å². The number of hydrogen-bond acceptors (Lipinski definition) is 6. The van der Waals surface area contributed by atoms with Crippen molar-refractivity contribution in [3.63, 3.8) is 0 Å². The fourth-order valence-electron chi connectivity index (χ4n) is 0.816. The minimum atomic E-state index is -0.551. The molecule has 4 unspecified atom stereocenters. The van der Waals surface area contributed by atoms with Gasteiger partial charge < -0.3 is 14.2 Å². The molecule has 0 radical (unpaired) electrons. The number of ether oxygens (including phenoxy) is 3. The second-order valence-electron chi connectivity index (χ2n) is 3.58. The summed E-state index contributed by atoms with van der Waals surface area (Å²) in [6.45, 7) is 7.75. The van der Waals surface area contributed by atoms with Crippen molar-refractivity contribution in [1.29, 1.82) is 0 Å². The molecule has 2 rings (SSSR count). The van der Waals surface area contributed by atoms with E-state index in [1.165, 1.54) is 0 Å². The van der Waals surface area contributed by atoms with E-state index in [9.17, 15) is 4.79 Å². The molecule has 2 aliphatic heterocycles. The van der Waals surface area contributed by atoms with Crippen LogP contribution in [-0.4, -0.2) is 36.7 Å². The van der Waals surface area contributed by atoms with Gasteiger partial charge in [-0.25, -0.2) is 4.79 Å². The third kappa shape index (κ3) is 22.3. The first-order chi connectivity index (χ1) is 9.83. The molecule has 0 aromatic heterocycles. The molecule has 6 nitrogen and oxygen atoms in total. The fourth-order valence-corrected chi connectivity index (χ4v) is 0.816. The Morgan fingerprint density at radius 2 is 1.10 bits per heavy atom. The van der Waals surface area contributed by atoms with Crippen molar-refractivity contribution in [1.82, 2.24) is 0 Å². The topological polar surface area (TPSA) is 82.2 Å². The second kappa shape index (κ2) is 20.3. The summed E-state index contributed by atoms with van der Waals surface area (Å²) < 4.78 is 14.1. The van der Waals surface area contributed by atoms with Gasteiger partial charge >= 0.3 is 62.8 Å². The van der Waals surface area contributed by atoms with Crippen LogP contribution in [0, 0.1) is 0 Å². The van der Waals surface area contributed by atoms with Crippen LogP contribution >= 0.6 is 74.5 Å². The van der Waals surface area contributed by atoms with E-state index < -0.39 is 6.16 Å². The first-order valence-electron chi connectivity index (χ1n) is 5.37. The summed E-state index contributed by atoms with van der Waals surface area (Å²) in [4.78, 5) is 26.5. The minimum Gasteiger partial charge on any atom is -0.186 e. The van der Waals surface area contributed by atoms with Crippen LogP contribution in [0.15, 0.2) is 0 Å². The van der Waals surface area contributed by atoms with Gasteiger partial charge in [0.25, 0.3) is 0 Å². The summed E-state index contributed by atoms with van der Waals surface area (Å²) in [5.41, 5.74) is 0. The molecule has 11 heteroatoms. The predicted molar refractivity (Wildman–Crippen MR) is 108 cm³/mol. The van der Waals surface area contributed by atoms with E-state index in [0.717, 1.165) is 0 Å². The third-order valence-corrected chi connectivity index (χ3v) is 2.24. The zero-order valence-corrected chi connectivity index (χ0v) is 22.4. The van der Waals surface area contributed by atoms with E-state index in [4.69, 9.17) is 14.3 Å². The Bertz CT molecular complexity index is 269. The minimum absolute atomic E-state index is 0.0810.